The predicted octanol–water partition coefficient (Wildman–Crippen LogP) is 1.65. The van der Waals surface area contributed by atoms with Gasteiger partial charge in [-0.05, 0) is 23.8 Å². The molecule has 6 heteroatoms. The van der Waals surface area contributed by atoms with Crippen molar-refractivity contribution in [1.82, 2.24) is 14.5 Å². The van der Waals surface area contributed by atoms with Crippen molar-refractivity contribution in [1.29, 1.82) is 0 Å². The van der Waals surface area contributed by atoms with Crippen molar-refractivity contribution in [3.05, 3.63) is 56.4 Å². The van der Waals surface area contributed by atoms with Gasteiger partial charge in [-0.1, -0.05) is 49.4 Å². The van der Waals surface area contributed by atoms with Gasteiger partial charge in [-0.15, -0.1) is 0 Å². The number of hydrogen-bond donors (Lipinski definition) is 1. The number of rotatable bonds is 5. The molecule has 0 saturated carbocycles. The molecular weight excluding hydrogens is 274 g/mol. The Hall–Kier alpha value is -1.82. The van der Waals surface area contributed by atoms with Gasteiger partial charge < -0.3 is 0 Å². The molecule has 0 radical (unpaired) electrons. The summed E-state index contributed by atoms with van der Waals surface area (Å²) in [5, 5.41) is 0.427. The van der Waals surface area contributed by atoms with E-state index in [1.54, 1.807) is 6.26 Å². The third-order valence-electron chi connectivity index (χ3n) is 2.97. The van der Waals surface area contributed by atoms with Crippen LogP contribution in [0.5, 0.6) is 0 Å². The highest BCUT2D eigenvalue weighted by Crippen LogP contribution is 2.11. The maximum atomic E-state index is 11.8. The first kappa shape index (κ1) is 14.6. The number of aromatic amines is 1. The summed E-state index contributed by atoms with van der Waals surface area (Å²) in [7, 11) is 0. The molecular formula is C14H17N3O2S. The molecule has 0 aliphatic heterocycles. The Kier molecular flexibility index (Phi) is 4.79. The first-order valence-corrected chi connectivity index (χ1v) is 7.69. The van der Waals surface area contributed by atoms with E-state index < -0.39 is 11.4 Å². The summed E-state index contributed by atoms with van der Waals surface area (Å²) >= 11 is 1.29. The van der Waals surface area contributed by atoms with Crippen LogP contribution >= 0.6 is 11.8 Å². The van der Waals surface area contributed by atoms with E-state index in [2.05, 4.69) is 29.0 Å². The maximum Gasteiger partial charge on any atom is 0.351 e. The lowest BCUT2D eigenvalue weighted by molar-refractivity contribution is 0.603. The summed E-state index contributed by atoms with van der Waals surface area (Å²) in [6.07, 6.45) is 3.96. The van der Waals surface area contributed by atoms with E-state index in [-0.39, 0.29) is 0 Å². The number of benzene rings is 1. The van der Waals surface area contributed by atoms with Crippen molar-refractivity contribution >= 4 is 11.8 Å². The van der Waals surface area contributed by atoms with Gasteiger partial charge in [0.05, 0.1) is 6.54 Å². The van der Waals surface area contributed by atoms with Gasteiger partial charge in [0.2, 0.25) is 0 Å². The third kappa shape index (κ3) is 3.39. The monoisotopic (exact) mass is 291 g/mol. The standard InChI is InChI=1S/C14H17N3O2S/c1-3-4-10-5-7-11(8-6-10)9-17-13(19)15-12(18)16-14(17)20-2/h5-8H,3-4,9H2,1-2H3,(H,15,18,19). The fourth-order valence-electron chi connectivity index (χ4n) is 2.00. The van der Waals surface area contributed by atoms with Crippen LogP contribution in [0.4, 0.5) is 0 Å². The van der Waals surface area contributed by atoms with Gasteiger partial charge in [-0.25, -0.2) is 9.59 Å². The van der Waals surface area contributed by atoms with Crippen molar-refractivity contribution < 1.29 is 0 Å². The van der Waals surface area contributed by atoms with Crippen LogP contribution in [-0.2, 0) is 13.0 Å². The van der Waals surface area contributed by atoms with Crippen molar-refractivity contribution in [3.8, 4) is 0 Å². The Morgan fingerprint density at radius 2 is 1.85 bits per heavy atom. The Labute approximate surface area is 121 Å². The molecule has 1 heterocycles. The van der Waals surface area contributed by atoms with Crippen molar-refractivity contribution in [2.24, 2.45) is 0 Å². The number of hydrogen-bond acceptors (Lipinski definition) is 4. The second-order valence-corrected chi connectivity index (χ2v) is 5.26. The van der Waals surface area contributed by atoms with E-state index >= 15 is 0 Å². The fourth-order valence-corrected chi connectivity index (χ4v) is 2.54. The van der Waals surface area contributed by atoms with E-state index in [0.717, 1.165) is 18.4 Å². The van der Waals surface area contributed by atoms with Crippen LogP contribution in [0.25, 0.3) is 0 Å². The molecule has 0 atom stereocenters. The van der Waals surface area contributed by atoms with Crippen molar-refractivity contribution in [2.75, 3.05) is 6.26 Å². The predicted molar refractivity (Wildman–Crippen MR) is 80.4 cm³/mol. The third-order valence-corrected chi connectivity index (χ3v) is 3.65. The molecule has 2 aromatic rings. The number of thioether (sulfide) groups is 1. The van der Waals surface area contributed by atoms with Gasteiger partial charge in [0.15, 0.2) is 5.16 Å². The quantitative estimate of drug-likeness (QED) is 0.851. The molecule has 0 bridgehead atoms. The van der Waals surface area contributed by atoms with E-state index in [0.29, 0.717) is 11.7 Å². The Morgan fingerprint density at radius 1 is 1.20 bits per heavy atom. The summed E-state index contributed by atoms with van der Waals surface area (Å²) in [4.78, 5) is 29.0. The van der Waals surface area contributed by atoms with Crippen LogP contribution in [-0.4, -0.2) is 20.8 Å². The Balaban J connectivity index is 2.30. The molecule has 1 aromatic carbocycles. The molecule has 5 nitrogen and oxygen atoms in total. The van der Waals surface area contributed by atoms with E-state index in [1.165, 1.54) is 21.9 Å². The first-order chi connectivity index (χ1) is 9.63. The molecule has 0 unspecified atom stereocenters. The minimum Gasteiger partial charge on any atom is -0.268 e. The number of nitrogens with one attached hydrogen (secondary N) is 1. The molecule has 0 fully saturated rings. The van der Waals surface area contributed by atoms with Gasteiger partial charge in [0.1, 0.15) is 0 Å². The second-order valence-electron chi connectivity index (χ2n) is 4.49. The Morgan fingerprint density at radius 3 is 2.45 bits per heavy atom. The SMILES string of the molecule is CCCc1ccc(Cn2c(SC)nc(=O)[nH]c2=O)cc1. The highest BCUT2D eigenvalue weighted by molar-refractivity contribution is 7.98. The fraction of sp³-hybridized carbons (Fsp3) is 0.357. The molecule has 0 spiro atoms. The molecule has 0 saturated heterocycles. The van der Waals surface area contributed by atoms with E-state index in [9.17, 15) is 9.59 Å². The molecule has 0 amide bonds. The second kappa shape index (κ2) is 6.56. The van der Waals surface area contributed by atoms with Gasteiger partial charge >= 0.3 is 11.4 Å². The topological polar surface area (TPSA) is 67.8 Å². The summed E-state index contributed by atoms with van der Waals surface area (Å²) in [5.74, 6) is 0. The molecule has 20 heavy (non-hydrogen) atoms. The van der Waals surface area contributed by atoms with Crippen LogP contribution in [0.2, 0.25) is 0 Å². The summed E-state index contributed by atoms with van der Waals surface area (Å²) < 4.78 is 1.47. The number of nitrogens with zero attached hydrogens (tertiary/aromatic N) is 2. The highest BCUT2D eigenvalue weighted by atomic mass is 32.2. The Bertz CT molecular complexity index is 689. The maximum absolute atomic E-state index is 11.8. The van der Waals surface area contributed by atoms with Crippen LogP contribution < -0.4 is 11.4 Å². The van der Waals surface area contributed by atoms with Crippen LogP contribution in [0.3, 0.4) is 0 Å². The van der Waals surface area contributed by atoms with Crippen LogP contribution in [0.15, 0.2) is 39.0 Å². The number of aryl methyl sites for hydroxylation is 1. The van der Waals surface area contributed by atoms with Crippen LogP contribution in [0.1, 0.15) is 24.5 Å². The molecule has 1 N–H and O–H groups in total. The van der Waals surface area contributed by atoms with Gasteiger partial charge in [-0.3, -0.25) is 9.55 Å². The van der Waals surface area contributed by atoms with Gasteiger partial charge in [0, 0.05) is 0 Å². The lowest BCUT2D eigenvalue weighted by atomic mass is 10.1. The largest absolute Gasteiger partial charge is 0.351 e. The molecule has 0 aliphatic carbocycles. The number of H-pyrrole nitrogens is 1. The first-order valence-electron chi connectivity index (χ1n) is 6.47. The van der Waals surface area contributed by atoms with Gasteiger partial charge in [-0.2, -0.15) is 4.98 Å². The summed E-state index contributed by atoms with van der Waals surface area (Å²) in [6, 6.07) is 8.16. The summed E-state index contributed by atoms with van der Waals surface area (Å²) in [6.45, 7) is 2.55. The lowest BCUT2D eigenvalue weighted by Crippen LogP contribution is -2.33. The minimum atomic E-state index is -0.603. The molecule has 106 valence electrons. The van der Waals surface area contributed by atoms with Crippen LogP contribution in [0, 0.1) is 0 Å². The van der Waals surface area contributed by atoms with Gasteiger partial charge in [0.25, 0.3) is 0 Å². The number of aromatic nitrogens is 3. The molecule has 2 rings (SSSR count). The lowest BCUT2D eigenvalue weighted by Gasteiger charge is -2.09. The zero-order chi connectivity index (χ0) is 14.5. The summed E-state index contributed by atoms with van der Waals surface area (Å²) in [5.41, 5.74) is 1.27. The van der Waals surface area contributed by atoms with Crippen molar-refractivity contribution in [3.63, 3.8) is 0 Å². The highest BCUT2D eigenvalue weighted by Gasteiger charge is 2.07. The molecule has 1 aromatic heterocycles. The zero-order valence-corrected chi connectivity index (χ0v) is 12.4. The average molecular weight is 291 g/mol. The normalized spacial score (nSPS) is 10.7. The smallest absolute Gasteiger partial charge is 0.268 e. The minimum absolute atomic E-state index is 0.408. The van der Waals surface area contributed by atoms with E-state index in [1.807, 2.05) is 12.1 Å². The molecule has 0 aliphatic rings. The average Bonchev–Trinajstić information content (AvgIpc) is 2.43. The van der Waals surface area contributed by atoms with Crippen molar-refractivity contribution in [2.45, 2.75) is 31.5 Å². The zero-order valence-electron chi connectivity index (χ0n) is 11.5. The van der Waals surface area contributed by atoms with E-state index in [4.69, 9.17) is 0 Å².